The van der Waals surface area contributed by atoms with Crippen molar-refractivity contribution in [3.05, 3.63) is 102 Å². The quantitative estimate of drug-likeness (QED) is 0.359. The number of rotatable bonds is 9. The van der Waals surface area contributed by atoms with Crippen LogP contribution >= 0.6 is 0 Å². The summed E-state index contributed by atoms with van der Waals surface area (Å²) in [5.41, 5.74) is 4.73. The molecule has 1 aromatic heterocycles. The number of carbonyl (C=O) groups is 2. The van der Waals surface area contributed by atoms with E-state index in [1.165, 1.54) is 0 Å². The molecule has 0 unspecified atom stereocenters. The van der Waals surface area contributed by atoms with Crippen molar-refractivity contribution >= 4 is 23.2 Å². The average molecular weight is 485 g/mol. The van der Waals surface area contributed by atoms with Gasteiger partial charge in [-0.25, -0.2) is 4.98 Å². The molecular weight excluding hydrogens is 456 g/mol. The highest BCUT2D eigenvalue weighted by molar-refractivity contribution is 6.02. The van der Waals surface area contributed by atoms with Gasteiger partial charge in [-0.2, -0.15) is 0 Å². The predicted molar refractivity (Wildman–Crippen MR) is 139 cm³/mol. The van der Waals surface area contributed by atoms with Crippen LogP contribution in [0.25, 0.3) is 0 Å². The number of hydrogen-bond donors (Lipinski definition) is 2. The first kappa shape index (κ1) is 24.5. The molecule has 0 aliphatic rings. The highest BCUT2D eigenvalue weighted by atomic mass is 16.5. The molecule has 2 N–H and O–H groups in total. The van der Waals surface area contributed by atoms with Crippen LogP contribution in [0.15, 0.2) is 79.3 Å². The van der Waals surface area contributed by atoms with Gasteiger partial charge in [-0.3, -0.25) is 9.59 Å². The van der Waals surface area contributed by atoms with Crippen molar-refractivity contribution in [2.75, 3.05) is 24.9 Å². The van der Waals surface area contributed by atoms with E-state index < -0.39 is 0 Å². The number of ether oxygens (including phenoxy) is 2. The Hall–Kier alpha value is -4.59. The van der Waals surface area contributed by atoms with Crippen molar-refractivity contribution in [2.45, 2.75) is 19.9 Å². The summed E-state index contributed by atoms with van der Waals surface area (Å²) in [5.74, 6) is 0.815. The minimum absolute atomic E-state index is 0.131. The monoisotopic (exact) mass is 484 g/mol. The summed E-state index contributed by atoms with van der Waals surface area (Å²) >= 11 is 0. The summed E-state index contributed by atoms with van der Waals surface area (Å²) < 4.78 is 12.4. The Morgan fingerprint density at radius 3 is 2.17 bits per heavy atom. The normalized spacial score (nSPS) is 10.5. The fourth-order valence-electron chi connectivity index (χ4n) is 3.68. The zero-order valence-electron chi connectivity index (χ0n) is 20.4. The molecule has 0 saturated heterocycles. The molecule has 2 amide bonds. The molecular formula is C28H28N4O4. The van der Waals surface area contributed by atoms with Crippen LogP contribution in [0.1, 0.15) is 27.2 Å². The van der Waals surface area contributed by atoms with E-state index in [0.29, 0.717) is 29.4 Å². The molecule has 0 saturated carbocycles. The molecule has 4 aromatic rings. The van der Waals surface area contributed by atoms with Gasteiger partial charge in [0.2, 0.25) is 5.91 Å². The maximum absolute atomic E-state index is 12.5. The number of aromatic nitrogens is 2. The van der Waals surface area contributed by atoms with E-state index in [9.17, 15) is 9.59 Å². The number of anilines is 2. The molecule has 184 valence electrons. The van der Waals surface area contributed by atoms with Gasteiger partial charge in [-0.15, -0.1) is 0 Å². The van der Waals surface area contributed by atoms with Crippen molar-refractivity contribution in [2.24, 2.45) is 0 Å². The Labute approximate surface area is 209 Å². The number of hydrogen-bond acceptors (Lipinski definition) is 5. The van der Waals surface area contributed by atoms with Crippen LogP contribution in [0, 0.1) is 6.92 Å². The SMILES string of the molecule is COc1ccc(CC(=O)Nc2ccc(Cn3cnc(C(=O)Nc4ccc(C)cc4)c3)cc2)cc1OC. The van der Waals surface area contributed by atoms with Gasteiger partial charge in [0.1, 0.15) is 5.69 Å². The molecule has 0 fully saturated rings. The van der Waals surface area contributed by atoms with Gasteiger partial charge in [0.05, 0.1) is 27.0 Å². The summed E-state index contributed by atoms with van der Waals surface area (Å²) in [6, 6.07) is 20.6. The van der Waals surface area contributed by atoms with Crippen LogP contribution in [-0.2, 0) is 17.8 Å². The van der Waals surface area contributed by atoms with Crippen molar-refractivity contribution in [3.8, 4) is 11.5 Å². The van der Waals surface area contributed by atoms with Crippen molar-refractivity contribution < 1.29 is 19.1 Å². The van der Waals surface area contributed by atoms with Gasteiger partial charge < -0.3 is 24.7 Å². The lowest BCUT2D eigenvalue weighted by atomic mass is 10.1. The standard InChI is InChI=1S/C28H28N4O4/c1-19-4-9-23(10-5-19)31-28(34)24-17-32(18-29-24)16-20-6-11-22(12-7-20)30-27(33)15-21-8-13-25(35-2)26(14-21)36-3/h4-14,17-18H,15-16H2,1-3H3,(H,30,33)(H,31,34). The number of nitrogens with one attached hydrogen (secondary N) is 2. The third kappa shape index (κ3) is 6.29. The number of benzene rings is 3. The number of nitrogens with zero attached hydrogens (tertiary/aromatic N) is 2. The van der Waals surface area contributed by atoms with Crippen molar-refractivity contribution in [1.29, 1.82) is 0 Å². The van der Waals surface area contributed by atoms with Crippen LogP contribution in [0.4, 0.5) is 11.4 Å². The molecule has 4 rings (SSSR count). The summed E-state index contributed by atoms with van der Waals surface area (Å²) in [6.45, 7) is 2.54. The molecule has 3 aromatic carbocycles. The molecule has 1 heterocycles. The molecule has 0 atom stereocenters. The van der Waals surface area contributed by atoms with Gasteiger partial charge in [0.25, 0.3) is 5.91 Å². The van der Waals surface area contributed by atoms with Crippen LogP contribution in [0.2, 0.25) is 0 Å². The maximum Gasteiger partial charge on any atom is 0.275 e. The molecule has 8 heteroatoms. The van der Waals surface area contributed by atoms with E-state index in [1.54, 1.807) is 38.9 Å². The van der Waals surface area contributed by atoms with E-state index >= 15 is 0 Å². The summed E-state index contributed by atoms with van der Waals surface area (Å²) in [4.78, 5) is 29.2. The van der Waals surface area contributed by atoms with E-state index in [4.69, 9.17) is 9.47 Å². The van der Waals surface area contributed by atoms with Gasteiger partial charge in [-0.1, -0.05) is 35.9 Å². The molecule has 0 aliphatic carbocycles. The first-order chi connectivity index (χ1) is 17.4. The predicted octanol–water partition coefficient (Wildman–Crippen LogP) is 4.69. The first-order valence-corrected chi connectivity index (χ1v) is 11.4. The summed E-state index contributed by atoms with van der Waals surface area (Å²) in [5, 5.41) is 5.76. The Kier molecular flexibility index (Phi) is 7.65. The molecule has 0 aliphatic heterocycles. The molecule has 8 nitrogen and oxygen atoms in total. The van der Waals surface area contributed by atoms with E-state index in [2.05, 4.69) is 15.6 Å². The smallest absolute Gasteiger partial charge is 0.275 e. The van der Waals surface area contributed by atoms with Crippen LogP contribution in [0.5, 0.6) is 11.5 Å². The first-order valence-electron chi connectivity index (χ1n) is 11.4. The lowest BCUT2D eigenvalue weighted by Crippen LogP contribution is -2.14. The third-order valence-corrected chi connectivity index (χ3v) is 5.59. The third-order valence-electron chi connectivity index (χ3n) is 5.59. The summed E-state index contributed by atoms with van der Waals surface area (Å²) in [7, 11) is 3.14. The topological polar surface area (TPSA) is 94.5 Å². The number of imidazole rings is 1. The zero-order chi connectivity index (χ0) is 25.5. The zero-order valence-corrected chi connectivity index (χ0v) is 20.4. The van der Waals surface area contributed by atoms with Crippen LogP contribution in [-0.4, -0.2) is 35.6 Å². The molecule has 0 spiro atoms. The largest absolute Gasteiger partial charge is 0.493 e. The Balaban J connectivity index is 1.31. The fourth-order valence-corrected chi connectivity index (χ4v) is 3.68. The summed E-state index contributed by atoms with van der Waals surface area (Å²) in [6.07, 6.45) is 3.55. The number of methoxy groups -OCH3 is 2. The Bertz CT molecular complexity index is 1340. The number of carbonyl (C=O) groups excluding carboxylic acids is 2. The molecule has 0 bridgehead atoms. The maximum atomic E-state index is 12.5. The van der Waals surface area contributed by atoms with Gasteiger partial charge in [0.15, 0.2) is 11.5 Å². The van der Waals surface area contributed by atoms with E-state index in [-0.39, 0.29) is 18.2 Å². The second-order valence-electron chi connectivity index (χ2n) is 8.36. The van der Waals surface area contributed by atoms with Gasteiger partial charge >= 0.3 is 0 Å². The van der Waals surface area contributed by atoms with E-state index in [0.717, 1.165) is 22.4 Å². The van der Waals surface area contributed by atoms with Crippen molar-refractivity contribution in [1.82, 2.24) is 9.55 Å². The van der Waals surface area contributed by atoms with Crippen LogP contribution in [0.3, 0.4) is 0 Å². The van der Waals surface area contributed by atoms with Crippen LogP contribution < -0.4 is 20.1 Å². The number of amides is 2. The second kappa shape index (κ2) is 11.2. The van der Waals surface area contributed by atoms with E-state index in [1.807, 2.05) is 66.1 Å². The second-order valence-corrected chi connectivity index (χ2v) is 8.36. The highest BCUT2D eigenvalue weighted by Gasteiger charge is 2.11. The van der Waals surface area contributed by atoms with Crippen molar-refractivity contribution in [3.63, 3.8) is 0 Å². The van der Waals surface area contributed by atoms with Gasteiger partial charge in [0, 0.05) is 24.1 Å². The highest BCUT2D eigenvalue weighted by Crippen LogP contribution is 2.27. The number of aryl methyl sites for hydroxylation is 1. The fraction of sp³-hybridized carbons (Fsp3) is 0.179. The minimum Gasteiger partial charge on any atom is -0.493 e. The average Bonchev–Trinajstić information content (AvgIpc) is 3.35. The molecule has 36 heavy (non-hydrogen) atoms. The molecule has 0 radical (unpaired) electrons. The van der Waals surface area contributed by atoms with Gasteiger partial charge in [-0.05, 0) is 54.4 Å². The minimum atomic E-state index is -0.259. The lowest BCUT2D eigenvalue weighted by Gasteiger charge is -2.10. The Morgan fingerprint density at radius 2 is 1.47 bits per heavy atom. The lowest BCUT2D eigenvalue weighted by molar-refractivity contribution is -0.115. The Morgan fingerprint density at radius 1 is 0.833 bits per heavy atom.